The number of fused-ring (bicyclic) bond motifs is 1. The highest BCUT2D eigenvalue weighted by Crippen LogP contribution is 2.33. The summed E-state index contributed by atoms with van der Waals surface area (Å²) in [6.45, 7) is 4.51. The van der Waals surface area contributed by atoms with Crippen molar-refractivity contribution in [2.75, 3.05) is 32.6 Å². The highest BCUT2D eigenvalue weighted by atomic mass is 16.5. The van der Waals surface area contributed by atoms with Gasteiger partial charge in [-0.05, 0) is 95.6 Å². The average Bonchev–Trinajstić information content (AvgIpc) is 3.12. The molecule has 0 saturated heterocycles. The molecule has 0 fully saturated rings. The van der Waals surface area contributed by atoms with E-state index in [4.69, 9.17) is 9.47 Å². The maximum atomic E-state index is 13.2. The summed E-state index contributed by atoms with van der Waals surface area (Å²) in [4.78, 5) is 46.8. The Bertz CT molecular complexity index is 2190. The molecule has 0 aliphatic carbocycles. The van der Waals surface area contributed by atoms with Crippen molar-refractivity contribution in [3.63, 3.8) is 0 Å². The van der Waals surface area contributed by atoms with Gasteiger partial charge in [-0.2, -0.15) is 0 Å². The van der Waals surface area contributed by atoms with Crippen LogP contribution in [0.4, 0.5) is 5.69 Å². The van der Waals surface area contributed by atoms with Gasteiger partial charge in [0.2, 0.25) is 0 Å². The van der Waals surface area contributed by atoms with Crippen LogP contribution in [-0.4, -0.2) is 48.1 Å². The number of H-pyrrole nitrogens is 2. The van der Waals surface area contributed by atoms with Gasteiger partial charge in [-0.15, -0.1) is 0 Å². The molecule has 9 heteroatoms. The molecule has 4 aromatic carbocycles. The van der Waals surface area contributed by atoms with Gasteiger partial charge in [-0.3, -0.25) is 19.3 Å². The van der Waals surface area contributed by atoms with E-state index >= 15 is 0 Å². The molecule has 0 radical (unpaired) electrons. The molecule has 0 saturated carbocycles. The standard InChI is InChI=1S/C39H38N4O5/c1-25(36-39(46)41-33(38(45)42-36)20-27-8-5-4-6-9-27)28-10-7-11-30(21-28)37(44)40-32-14-12-26(13-15-32)16-18-43-19-17-29-22-34(47-2)35(48-3)23-31(29)24-43/h4-15,20-23H,16-19,24H2,1-3H3,(H,40,44)(H,41,46)(H,42,45). The van der Waals surface area contributed by atoms with Gasteiger partial charge in [0, 0.05) is 30.9 Å². The third-order valence-corrected chi connectivity index (χ3v) is 8.73. The minimum Gasteiger partial charge on any atom is -0.493 e. The summed E-state index contributed by atoms with van der Waals surface area (Å²) in [6, 6.07) is 28.3. The van der Waals surface area contributed by atoms with E-state index in [9.17, 15) is 14.4 Å². The summed E-state index contributed by atoms with van der Waals surface area (Å²) >= 11 is 0. The van der Waals surface area contributed by atoms with Gasteiger partial charge in [0.05, 0.1) is 14.2 Å². The monoisotopic (exact) mass is 642 g/mol. The first-order valence-electron chi connectivity index (χ1n) is 15.9. The molecule has 2 heterocycles. The topological polar surface area (TPSA) is 117 Å². The van der Waals surface area contributed by atoms with Crippen molar-refractivity contribution < 1.29 is 14.3 Å². The zero-order valence-corrected chi connectivity index (χ0v) is 27.3. The Hall–Kier alpha value is -5.67. The fourth-order valence-corrected chi connectivity index (χ4v) is 5.98. The first kappa shape index (κ1) is 32.3. The number of rotatable bonds is 9. The Kier molecular flexibility index (Phi) is 9.68. The van der Waals surface area contributed by atoms with Gasteiger partial charge in [0.15, 0.2) is 11.5 Å². The van der Waals surface area contributed by atoms with E-state index in [-0.39, 0.29) is 16.6 Å². The second-order valence-electron chi connectivity index (χ2n) is 11.9. The molecule has 1 aliphatic rings. The minimum atomic E-state index is -0.421. The van der Waals surface area contributed by atoms with Crippen LogP contribution in [0.3, 0.4) is 0 Å². The second-order valence-corrected chi connectivity index (χ2v) is 11.9. The number of benzene rings is 4. The highest BCUT2D eigenvalue weighted by molar-refractivity contribution is 6.04. The number of amides is 1. The van der Waals surface area contributed by atoms with Gasteiger partial charge in [0.1, 0.15) is 10.7 Å². The van der Waals surface area contributed by atoms with Gasteiger partial charge in [-0.25, -0.2) is 0 Å². The normalized spacial score (nSPS) is 13.9. The van der Waals surface area contributed by atoms with Crippen molar-refractivity contribution in [2.45, 2.75) is 26.3 Å². The number of aromatic amines is 2. The smallest absolute Gasteiger partial charge is 0.272 e. The molecular weight excluding hydrogens is 604 g/mol. The average molecular weight is 643 g/mol. The zero-order valence-electron chi connectivity index (χ0n) is 27.3. The molecule has 48 heavy (non-hydrogen) atoms. The van der Waals surface area contributed by atoms with E-state index in [0.29, 0.717) is 22.4 Å². The number of hydrogen-bond donors (Lipinski definition) is 3. The van der Waals surface area contributed by atoms with E-state index in [2.05, 4.69) is 32.3 Å². The SMILES string of the molecule is COc1cc2c(cc1OC)CN(CCc1ccc(NC(=O)c3cccc(C(C)=c4[nH]c(=O)c(=Cc5ccccc5)[nH]c4=O)c3)cc1)CC2. The van der Waals surface area contributed by atoms with E-state index < -0.39 is 11.1 Å². The Morgan fingerprint density at radius 2 is 1.54 bits per heavy atom. The first-order valence-corrected chi connectivity index (χ1v) is 15.9. The Morgan fingerprint density at radius 3 is 2.27 bits per heavy atom. The van der Waals surface area contributed by atoms with E-state index in [0.717, 1.165) is 49.5 Å². The molecule has 0 bridgehead atoms. The highest BCUT2D eigenvalue weighted by Gasteiger charge is 2.19. The fraction of sp³-hybridized carbons (Fsp3) is 0.205. The summed E-state index contributed by atoms with van der Waals surface area (Å²) in [6.07, 6.45) is 3.48. The van der Waals surface area contributed by atoms with Crippen LogP contribution in [-0.2, 0) is 19.4 Å². The van der Waals surface area contributed by atoms with Crippen LogP contribution in [0.1, 0.15) is 45.1 Å². The molecule has 9 nitrogen and oxygen atoms in total. The summed E-state index contributed by atoms with van der Waals surface area (Å²) in [5.74, 6) is 1.25. The number of methoxy groups -OCH3 is 2. The number of carbonyl (C=O) groups is 1. The van der Waals surface area contributed by atoms with Gasteiger partial charge in [0.25, 0.3) is 17.0 Å². The minimum absolute atomic E-state index is 0.145. The van der Waals surface area contributed by atoms with E-state index in [1.807, 2.05) is 54.6 Å². The first-order chi connectivity index (χ1) is 23.3. The van der Waals surface area contributed by atoms with Gasteiger partial charge >= 0.3 is 0 Å². The predicted molar refractivity (Wildman–Crippen MR) is 188 cm³/mol. The number of carbonyl (C=O) groups excluding carboxylic acids is 1. The number of nitrogens with zero attached hydrogens (tertiary/aromatic N) is 1. The molecule has 1 amide bonds. The quantitative estimate of drug-likeness (QED) is 0.224. The molecule has 0 atom stereocenters. The number of anilines is 1. The zero-order chi connectivity index (χ0) is 33.6. The van der Waals surface area contributed by atoms with E-state index in [1.54, 1.807) is 51.5 Å². The van der Waals surface area contributed by atoms with Crippen molar-refractivity contribution >= 4 is 23.2 Å². The lowest BCUT2D eigenvalue weighted by Crippen LogP contribution is -2.47. The van der Waals surface area contributed by atoms with Crippen LogP contribution < -0.4 is 36.6 Å². The Labute approximate surface area is 278 Å². The van der Waals surface area contributed by atoms with E-state index in [1.165, 1.54) is 16.7 Å². The maximum absolute atomic E-state index is 13.2. The maximum Gasteiger partial charge on any atom is 0.272 e. The third kappa shape index (κ3) is 7.32. The van der Waals surface area contributed by atoms with Crippen LogP contribution in [0, 0.1) is 0 Å². The van der Waals surface area contributed by atoms with Gasteiger partial charge < -0.3 is 24.8 Å². The van der Waals surface area contributed by atoms with Crippen LogP contribution in [0.15, 0.2) is 101 Å². The molecule has 0 unspecified atom stereocenters. The molecule has 1 aliphatic heterocycles. The summed E-state index contributed by atoms with van der Waals surface area (Å²) < 4.78 is 11.0. The lowest BCUT2D eigenvalue weighted by molar-refractivity contribution is 0.102. The van der Waals surface area contributed by atoms with Crippen molar-refractivity contribution in [2.24, 2.45) is 0 Å². The molecule has 3 N–H and O–H groups in total. The number of hydrogen-bond acceptors (Lipinski definition) is 6. The lowest BCUT2D eigenvalue weighted by Gasteiger charge is -2.29. The van der Waals surface area contributed by atoms with Crippen molar-refractivity contribution in [1.82, 2.24) is 14.9 Å². The summed E-state index contributed by atoms with van der Waals surface area (Å²) in [5.41, 5.74) is 6.05. The Balaban J connectivity index is 1.10. The molecule has 244 valence electrons. The molecular formula is C39H38N4O5. The molecule has 5 aromatic rings. The molecule has 1 aromatic heterocycles. The number of ether oxygens (including phenoxy) is 2. The Morgan fingerprint density at radius 1 is 0.833 bits per heavy atom. The molecule has 6 rings (SSSR count). The predicted octanol–water partition coefficient (Wildman–Crippen LogP) is 3.98. The largest absolute Gasteiger partial charge is 0.493 e. The number of aromatic nitrogens is 2. The fourth-order valence-electron chi connectivity index (χ4n) is 5.98. The second kappa shape index (κ2) is 14.4. The van der Waals surface area contributed by atoms with Crippen LogP contribution in [0.2, 0.25) is 0 Å². The van der Waals surface area contributed by atoms with Crippen molar-refractivity contribution in [3.05, 3.63) is 156 Å². The van der Waals surface area contributed by atoms with Crippen LogP contribution in [0.25, 0.3) is 11.6 Å². The van der Waals surface area contributed by atoms with Crippen LogP contribution >= 0.6 is 0 Å². The van der Waals surface area contributed by atoms with Crippen molar-refractivity contribution in [1.29, 1.82) is 0 Å². The van der Waals surface area contributed by atoms with Crippen molar-refractivity contribution in [3.8, 4) is 11.5 Å². The summed E-state index contributed by atoms with van der Waals surface area (Å²) in [7, 11) is 3.32. The van der Waals surface area contributed by atoms with Gasteiger partial charge in [-0.1, -0.05) is 54.6 Å². The lowest BCUT2D eigenvalue weighted by atomic mass is 9.98. The number of nitrogens with one attached hydrogen (secondary N) is 3. The molecule has 0 spiro atoms. The summed E-state index contributed by atoms with van der Waals surface area (Å²) in [5, 5.41) is 3.28. The van der Waals surface area contributed by atoms with Crippen LogP contribution in [0.5, 0.6) is 11.5 Å². The third-order valence-electron chi connectivity index (χ3n) is 8.73.